The van der Waals surface area contributed by atoms with Gasteiger partial charge < -0.3 is 34.3 Å². The average Bonchev–Trinajstić information content (AvgIpc) is 2.80. The van der Waals surface area contributed by atoms with E-state index in [9.17, 15) is 28.9 Å². The monoisotopic (exact) mass is 442 g/mol. The lowest BCUT2D eigenvalue weighted by Crippen LogP contribution is -2.63. The topological polar surface area (TPSA) is 115 Å². The van der Waals surface area contributed by atoms with Crippen molar-refractivity contribution >= 4 is 6.29 Å². The summed E-state index contributed by atoms with van der Waals surface area (Å²) in [5.41, 5.74) is 1.47. The minimum absolute atomic E-state index is 0.0495. The smallest absolute Gasteiger partial charge is 0.357 e. The molecule has 0 saturated carbocycles. The van der Waals surface area contributed by atoms with Crippen molar-refractivity contribution in [1.82, 2.24) is 0 Å². The van der Waals surface area contributed by atoms with E-state index in [4.69, 9.17) is 14.2 Å². The summed E-state index contributed by atoms with van der Waals surface area (Å²) in [6.45, 7) is -1.47. The third-order valence-electron chi connectivity index (χ3n) is 4.20. The van der Waals surface area contributed by atoms with Crippen molar-refractivity contribution in [2.75, 3.05) is 13.6 Å². The zero-order valence-electron chi connectivity index (χ0n) is 16.5. The maximum absolute atomic E-state index is 14.0. The number of aldehydes is 1. The Labute approximate surface area is 177 Å². The Hall–Kier alpha value is -2.31. The molecule has 0 radical (unpaired) electrons. The van der Waals surface area contributed by atoms with Gasteiger partial charge in [-0.2, -0.15) is 8.78 Å². The third-order valence-corrected chi connectivity index (χ3v) is 4.20. The molecule has 3 N–H and O–H groups in total. The molecule has 0 aliphatic rings. The third kappa shape index (κ3) is 7.11. The summed E-state index contributed by atoms with van der Waals surface area (Å²) in [7, 11) is 0. The normalized spacial score (nSPS) is 15.8. The quantitative estimate of drug-likeness (QED) is 0.230. The van der Waals surface area contributed by atoms with Crippen molar-refractivity contribution < 1.29 is 47.8 Å². The van der Waals surface area contributed by atoms with Gasteiger partial charge >= 0.3 is 5.92 Å². The number of benzene rings is 2. The van der Waals surface area contributed by atoms with Crippen LogP contribution >= 0.6 is 0 Å². The van der Waals surface area contributed by atoms with Gasteiger partial charge in [0.25, 0.3) is 5.79 Å². The molecule has 2 aromatic rings. The molecule has 0 aliphatic heterocycles. The first-order chi connectivity index (χ1) is 14.8. The first-order valence-electron chi connectivity index (χ1n) is 9.21. The van der Waals surface area contributed by atoms with Crippen molar-refractivity contribution in [2.45, 2.75) is 37.3 Å². The van der Waals surface area contributed by atoms with E-state index >= 15 is 0 Å². The van der Waals surface area contributed by atoms with Crippen LogP contribution in [0.1, 0.15) is 11.1 Å². The Kier molecular flexibility index (Phi) is 9.59. The van der Waals surface area contributed by atoms with Crippen LogP contribution in [-0.2, 0) is 37.0 Å². The Morgan fingerprint density at radius 3 is 1.84 bits per heavy atom. The zero-order valence-corrected chi connectivity index (χ0v) is 16.5. The van der Waals surface area contributed by atoms with Gasteiger partial charge in [0.15, 0.2) is 25.5 Å². The standard InChI is InChI=1S/C21H24F2O8/c22-20(23,13-24)21(27,31-15-29-12-17-9-5-2-6-10-17)18(25)19(26)30-14-28-11-16-7-3-1-4-8-16/h1-10,13,18-19,25-27H,11-12,14-15H2/t18-,19?,21+/m1/s1. The van der Waals surface area contributed by atoms with Gasteiger partial charge in [0, 0.05) is 0 Å². The van der Waals surface area contributed by atoms with Gasteiger partial charge in [-0.3, -0.25) is 4.79 Å². The number of aliphatic hydroxyl groups excluding tert-OH is 2. The molecule has 0 bridgehead atoms. The summed E-state index contributed by atoms with van der Waals surface area (Å²) in [4.78, 5) is 10.8. The Bertz CT molecular complexity index is 777. The van der Waals surface area contributed by atoms with Crippen LogP contribution in [0.5, 0.6) is 0 Å². The predicted molar refractivity (Wildman–Crippen MR) is 102 cm³/mol. The van der Waals surface area contributed by atoms with E-state index in [1.165, 1.54) is 0 Å². The first kappa shape index (κ1) is 25.0. The number of halogens is 2. The Morgan fingerprint density at radius 1 is 0.871 bits per heavy atom. The molecule has 170 valence electrons. The van der Waals surface area contributed by atoms with Crippen molar-refractivity contribution in [3.63, 3.8) is 0 Å². The average molecular weight is 442 g/mol. The molecule has 0 amide bonds. The van der Waals surface area contributed by atoms with E-state index in [0.29, 0.717) is 5.56 Å². The van der Waals surface area contributed by atoms with Crippen molar-refractivity contribution in [2.24, 2.45) is 0 Å². The molecule has 8 nitrogen and oxygen atoms in total. The van der Waals surface area contributed by atoms with Crippen LogP contribution in [0.2, 0.25) is 0 Å². The molecule has 2 aromatic carbocycles. The van der Waals surface area contributed by atoms with Crippen LogP contribution in [0.3, 0.4) is 0 Å². The second-order valence-electron chi connectivity index (χ2n) is 6.49. The highest BCUT2D eigenvalue weighted by Gasteiger charge is 2.61. The van der Waals surface area contributed by atoms with Gasteiger partial charge in [-0.05, 0) is 11.1 Å². The second kappa shape index (κ2) is 11.9. The summed E-state index contributed by atoms with van der Waals surface area (Å²) in [5.74, 6) is -8.40. The maximum Gasteiger partial charge on any atom is 0.357 e. The van der Waals surface area contributed by atoms with E-state index in [2.05, 4.69) is 4.74 Å². The molecule has 0 fully saturated rings. The van der Waals surface area contributed by atoms with Crippen LogP contribution in [0, 0.1) is 0 Å². The van der Waals surface area contributed by atoms with Gasteiger partial charge in [-0.1, -0.05) is 60.7 Å². The summed E-state index contributed by atoms with van der Waals surface area (Å²) < 4.78 is 47.5. The molecule has 0 aliphatic carbocycles. The van der Waals surface area contributed by atoms with E-state index in [1.54, 1.807) is 60.7 Å². The number of carbonyl (C=O) groups excluding carboxylic acids is 1. The number of hydrogen-bond donors (Lipinski definition) is 3. The number of hydrogen-bond acceptors (Lipinski definition) is 8. The minimum Gasteiger partial charge on any atom is -0.382 e. The molecular formula is C21H24F2O8. The molecular weight excluding hydrogens is 418 g/mol. The van der Waals surface area contributed by atoms with Crippen LogP contribution in [0.15, 0.2) is 60.7 Å². The first-order valence-corrected chi connectivity index (χ1v) is 9.21. The fraction of sp³-hybridized carbons (Fsp3) is 0.381. The highest BCUT2D eigenvalue weighted by Crippen LogP contribution is 2.33. The summed E-state index contributed by atoms with van der Waals surface area (Å²) in [6.07, 6.45) is -6.00. The zero-order chi connectivity index (χ0) is 22.7. The fourth-order valence-electron chi connectivity index (χ4n) is 2.46. The van der Waals surface area contributed by atoms with Crippen LogP contribution in [0.25, 0.3) is 0 Å². The summed E-state index contributed by atoms with van der Waals surface area (Å²) in [5, 5.41) is 30.1. The van der Waals surface area contributed by atoms with Crippen LogP contribution in [-0.4, -0.2) is 59.3 Å². The lowest BCUT2D eigenvalue weighted by atomic mass is 10.0. The number of alkyl halides is 2. The fourth-order valence-corrected chi connectivity index (χ4v) is 2.46. The molecule has 0 spiro atoms. The van der Waals surface area contributed by atoms with Crippen molar-refractivity contribution in [3.05, 3.63) is 71.8 Å². The second-order valence-corrected chi connectivity index (χ2v) is 6.49. The molecule has 1 unspecified atom stereocenters. The highest BCUT2D eigenvalue weighted by molar-refractivity contribution is 5.62. The molecule has 3 atom stereocenters. The number of ether oxygens (including phenoxy) is 4. The largest absolute Gasteiger partial charge is 0.382 e. The predicted octanol–water partition coefficient (Wildman–Crippen LogP) is 1.57. The highest BCUT2D eigenvalue weighted by atomic mass is 19.3. The van der Waals surface area contributed by atoms with Crippen molar-refractivity contribution in [1.29, 1.82) is 0 Å². The minimum atomic E-state index is -4.59. The lowest BCUT2D eigenvalue weighted by Gasteiger charge is -2.37. The SMILES string of the molecule is O=CC(F)(F)[C@@](O)(OCOCc1ccccc1)[C@H](O)C(O)OCOCc1ccccc1. The van der Waals surface area contributed by atoms with Gasteiger partial charge in [0.05, 0.1) is 13.2 Å². The molecule has 10 heteroatoms. The number of rotatable bonds is 14. The molecule has 2 rings (SSSR count). The van der Waals surface area contributed by atoms with Crippen LogP contribution in [0.4, 0.5) is 8.78 Å². The van der Waals surface area contributed by atoms with Gasteiger partial charge in [-0.25, -0.2) is 0 Å². The van der Waals surface area contributed by atoms with E-state index in [-0.39, 0.29) is 13.2 Å². The van der Waals surface area contributed by atoms with Gasteiger partial charge in [0.1, 0.15) is 6.79 Å². The molecule has 0 saturated heterocycles. The number of carbonyl (C=O) groups is 1. The van der Waals surface area contributed by atoms with Gasteiger partial charge in [0.2, 0.25) is 0 Å². The van der Waals surface area contributed by atoms with E-state index < -0.39 is 44.0 Å². The van der Waals surface area contributed by atoms with Gasteiger partial charge in [-0.15, -0.1) is 0 Å². The molecule has 0 aromatic heterocycles. The van der Waals surface area contributed by atoms with E-state index in [1.807, 2.05) is 0 Å². The maximum atomic E-state index is 14.0. The number of aliphatic hydroxyl groups is 3. The lowest BCUT2D eigenvalue weighted by molar-refractivity contribution is -0.384. The molecule has 31 heavy (non-hydrogen) atoms. The van der Waals surface area contributed by atoms with E-state index in [0.717, 1.165) is 5.56 Å². The Balaban J connectivity index is 1.89. The molecule has 0 heterocycles. The Morgan fingerprint density at radius 2 is 1.35 bits per heavy atom. The van der Waals surface area contributed by atoms with Crippen LogP contribution < -0.4 is 0 Å². The summed E-state index contributed by atoms with van der Waals surface area (Å²) in [6, 6.07) is 17.5. The van der Waals surface area contributed by atoms with Crippen molar-refractivity contribution in [3.8, 4) is 0 Å². The summed E-state index contributed by atoms with van der Waals surface area (Å²) >= 11 is 0.